The van der Waals surface area contributed by atoms with Crippen molar-refractivity contribution in [3.05, 3.63) is 94.5 Å². The quantitative estimate of drug-likeness (QED) is 0.467. The lowest BCUT2D eigenvalue weighted by atomic mass is 10.1. The largest absolute Gasteiger partial charge is 0.319 e. The lowest BCUT2D eigenvalue weighted by Crippen LogP contribution is -2.14. The van der Waals surface area contributed by atoms with E-state index in [-0.39, 0.29) is 5.82 Å². The van der Waals surface area contributed by atoms with E-state index in [4.69, 9.17) is 11.6 Å². The van der Waals surface area contributed by atoms with Crippen LogP contribution in [0.2, 0.25) is 5.02 Å². The first-order valence-corrected chi connectivity index (χ1v) is 9.66. The first-order valence-electron chi connectivity index (χ1n) is 9.28. The summed E-state index contributed by atoms with van der Waals surface area (Å²) in [5.74, 6) is -0.511. The molecule has 0 unspecified atom stereocenters. The molecule has 0 aliphatic rings. The van der Waals surface area contributed by atoms with Crippen LogP contribution in [0, 0.1) is 19.7 Å². The normalized spacial score (nSPS) is 10.8. The fourth-order valence-electron chi connectivity index (χ4n) is 3.03. The predicted octanol–water partition coefficient (Wildman–Crippen LogP) is 5.60. The minimum atomic E-state index is -0.536. The number of carbonyl (C=O) groups is 1. The zero-order chi connectivity index (χ0) is 21.3. The van der Waals surface area contributed by atoms with Crippen molar-refractivity contribution >= 4 is 23.2 Å². The molecule has 4 aromatic rings. The molecule has 1 amide bonds. The third kappa shape index (κ3) is 4.09. The molecule has 150 valence electrons. The van der Waals surface area contributed by atoms with Crippen molar-refractivity contribution < 1.29 is 9.18 Å². The van der Waals surface area contributed by atoms with Crippen LogP contribution < -0.4 is 5.32 Å². The van der Waals surface area contributed by atoms with E-state index in [0.717, 1.165) is 16.7 Å². The van der Waals surface area contributed by atoms with Crippen LogP contribution in [0.5, 0.6) is 0 Å². The molecule has 0 spiro atoms. The topological polar surface area (TPSA) is 59.8 Å². The number of amides is 1. The second kappa shape index (κ2) is 8.08. The number of rotatable bonds is 4. The number of anilines is 1. The summed E-state index contributed by atoms with van der Waals surface area (Å²) in [6.45, 7) is 3.89. The fourth-order valence-corrected chi connectivity index (χ4v) is 3.20. The third-order valence-corrected chi connectivity index (χ3v) is 4.98. The molecule has 0 bridgehead atoms. The van der Waals surface area contributed by atoms with E-state index in [1.165, 1.54) is 18.2 Å². The fraction of sp³-hybridized carbons (Fsp3) is 0.0870. The molecule has 0 radical (unpaired) electrons. The number of nitrogens with zero attached hydrogens (tertiary/aromatic N) is 3. The van der Waals surface area contributed by atoms with Gasteiger partial charge in [0.1, 0.15) is 5.82 Å². The van der Waals surface area contributed by atoms with E-state index in [2.05, 4.69) is 15.4 Å². The number of hydrogen-bond donors (Lipinski definition) is 1. The summed E-state index contributed by atoms with van der Waals surface area (Å²) >= 11 is 6.30. The Morgan fingerprint density at radius 1 is 1.03 bits per heavy atom. The number of aryl methyl sites for hydroxylation is 2. The van der Waals surface area contributed by atoms with Crippen LogP contribution in [-0.4, -0.2) is 20.7 Å². The van der Waals surface area contributed by atoms with E-state index in [9.17, 15) is 9.18 Å². The number of aromatic nitrogens is 3. The van der Waals surface area contributed by atoms with E-state index in [1.807, 2.05) is 50.2 Å². The van der Waals surface area contributed by atoms with Crippen molar-refractivity contribution in [2.45, 2.75) is 13.8 Å². The Morgan fingerprint density at radius 2 is 1.83 bits per heavy atom. The zero-order valence-corrected chi connectivity index (χ0v) is 17.1. The van der Waals surface area contributed by atoms with Gasteiger partial charge in [-0.3, -0.25) is 4.79 Å². The maximum absolute atomic E-state index is 13.4. The molecule has 4 rings (SSSR count). The maximum Gasteiger partial charge on any atom is 0.295 e. The Labute approximate surface area is 178 Å². The van der Waals surface area contributed by atoms with Gasteiger partial charge in [-0.05, 0) is 55.8 Å². The SMILES string of the molecule is Cc1cccc(-c2nc(C(=O)Nc3cccc(F)c3)nn2-c2ccc(C)c(Cl)c2)c1. The van der Waals surface area contributed by atoms with Crippen LogP contribution in [0.1, 0.15) is 21.7 Å². The van der Waals surface area contributed by atoms with Gasteiger partial charge in [-0.1, -0.05) is 47.5 Å². The summed E-state index contributed by atoms with van der Waals surface area (Å²) in [5, 5.41) is 7.63. The smallest absolute Gasteiger partial charge is 0.295 e. The van der Waals surface area contributed by atoms with Crippen LogP contribution in [0.15, 0.2) is 66.7 Å². The molecule has 0 saturated heterocycles. The van der Waals surface area contributed by atoms with Crippen molar-refractivity contribution in [1.29, 1.82) is 0 Å². The molecule has 0 aliphatic carbocycles. The number of halogens is 2. The van der Waals surface area contributed by atoms with Crippen molar-refractivity contribution in [3.63, 3.8) is 0 Å². The van der Waals surface area contributed by atoms with E-state index in [0.29, 0.717) is 22.2 Å². The summed E-state index contributed by atoms with van der Waals surface area (Å²) in [7, 11) is 0. The highest BCUT2D eigenvalue weighted by atomic mass is 35.5. The van der Waals surface area contributed by atoms with Gasteiger partial charge in [-0.2, -0.15) is 0 Å². The van der Waals surface area contributed by atoms with Gasteiger partial charge in [0.05, 0.1) is 5.69 Å². The van der Waals surface area contributed by atoms with Crippen molar-refractivity contribution in [3.8, 4) is 17.1 Å². The number of hydrogen-bond acceptors (Lipinski definition) is 3. The average molecular weight is 421 g/mol. The molecule has 0 fully saturated rings. The lowest BCUT2D eigenvalue weighted by Gasteiger charge is -2.08. The van der Waals surface area contributed by atoms with Crippen molar-refractivity contribution in [1.82, 2.24) is 14.8 Å². The van der Waals surface area contributed by atoms with Crippen LogP contribution in [-0.2, 0) is 0 Å². The van der Waals surface area contributed by atoms with E-state index >= 15 is 0 Å². The Morgan fingerprint density at radius 3 is 2.57 bits per heavy atom. The highest BCUT2D eigenvalue weighted by molar-refractivity contribution is 6.31. The van der Waals surface area contributed by atoms with Crippen molar-refractivity contribution in [2.24, 2.45) is 0 Å². The average Bonchev–Trinajstić information content (AvgIpc) is 3.16. The molecule has 1 heterocycles. The van der Waals surface area contributed by atoms with E-state index in [1.54, 1.807) is 16.8 Å². The molecule has 0 aliphatic heterocycles. The number of nitrogens with one attached hydrogen (secondary N) is 1. The maximum atomic E-state index is 13.4. The van der Waals surface area contributed by atoms with Gasteiger partial charge in [0.2, 0.25) is 5.82 Å². The molecule has 1 aromatic heterocycles. The second-order valence-electron chi connectivity index (χ2n) is 6.94. The van der Waals surface area contributed by atoms with Crippen LogP contribution in [0.4, 0.5) is 10.1 Å². The van der Waals surface area contributed by atoms with Crippen LogP contribution in [0.3, 0.4) is 0 Å². The van der Waals surface area contributed by atoms with Gasteiger partial charge in [0.25, 0.3) is 5.91 Å². The summed E-state index contributed by atoms with van der Waals surface area (Å²) in [6.07, 6.45) is 0. The summed E-state index contributed by atoms with van der Waals surface area (Å²) in [6, 6.07) is 18.9. The van der Waals surface area contributed by atoms with Gasteiger partial charge in [0, 0.05) is 16.3 Å². The Bertz CT molecular complexity index is 1250. The highest BCUT2D eigenvalue weighted by Gasteiger charge is 2.19. The van der Waals surface area contributed by atoms with E-state index < -0.39 is 11.7 Å². The predicted molar refractivity (Wildman–Crippen MR) is 116 cm³/mol. The second-order valence-corrected chi connectivity index (χ2v) is 7.35. The molecule has 0 saturated carbocycles. The molecule has 5 nitrogen and oxygen atoms in total. The first kappa shape index (κ1) is 19.8. The monoisotopic (exact) mass is 420 g/mol. The van der Waals surface area contributed by atoms with Crippen LogP contribution >= 0.6 is 11.6 Å². The standard InChI is InChI=1S/C23H18ClFN4O/c1-14-5-3-6-16(11-14)22-27-21(23(30)26-18-8-4-7-17(25)12-18)28-29(22)19-10-9-15(2)20(24)13-19/h3-13H,1-2H3,(H,26,30). The summed E-state index contributed by atoms with van der Waals surface area (Å²) in [4.78, 5) is 17.2. The van der Waals surface area contributed by atoms with Crippen molar-refractivity contribution in [2.75, 3.05) is 5.32 Å². The molecule has 0 atom stereocenters. The number of benzene rings is 3. The third-order valence-electron chi connectivity index (χ3n) is 4.57. The zero-order valence-electron chi connectivity index (χ0n) is 16.4. The molecular formula is C23H18ClFN4O. The molecular weight excluding hydrogens is 403 g/mol. The van der Waals surface area contributed by atoms with Gasteiger partial charge >= 0.3 is 0 Å². The minimum absolute atomic E-state index is 0.0348. The Balaban J connectivity index is 1.79. The summed E-state index contributed by atoms with van der Waals surface area (Å²) < 4.78 is 15.0. The molecule has 7 heteroatoms. The van der Waals surface area contributed by atoms with Gasteiger partial charge in [-0.15, -0.1) is 5.10 Å². The van der Waals surface area contributed by atoms with Gasteiger partial charge in [-0.25, -0.2) is 14.1 Å². The lowest BCUT2D eigenvalue weighted by molar-refractivity contribution is 0.101. The van der Waals surface area contributed by atoms with Gasteiger partial charge in [0.15, 0.2) is 5.82 Å². The number of carbonyl (C=O) groups excluding carboxylic acids is 1. The highest BCUT2D eigenvalue weighted by Crippen LogP contribution is 2.25. The van der Waals surface area contributed by atoms with Crippen LogP contribution in [0.25, 0.3) is 17.1 Å². The summed E-state index contributed by atoms with van der Waals surface area (Å²) in [5.41, 5.74) is 3.80. The molecule has 30 heavy (non-hydrogen) atoms. The minimum Gasteiger partial charge on any atom is -0.319 e. The first-order chi connectivity index (χ1) is 14.4. The Kier molecular flexibility index (Phi) is 5.33. The molecule has 1 N–H and O–H groups in total. The molecule has 3 aromatic carbocycles. The Hall–Kier alpha value is -3.51. The van der Waals surface area contributed by atoms with Gasteiger partial charge < -0.3 is 5.32 Å².